The van der Waals surface area contributed by atoms with Gasteiger partial charge in [0, 0.05) is 5.41 Å². The second kappa shape index (κ2) is 8.00. The van der Waals surface area contributed by atoms with Crippen LogP contribution in [0.3, 0.4) is 0 Å². The third-order valence-electron chi connectivity index (χ3n) is 5.61. The van der Waals surface area contributed by atoms with Crippen LogP contribution in [0.4, 0.5) is 4.79 Å². The van der Waals surface area contributed by atoms with Gasteiger partial charge in [0.15, 0.2) is 0 Å². The topological polar surface area (TPSA) is 86.3 Å². The molecule has 3 fully saturated rings. The predicted molar refractivity (Wildman–Crippen MR) is 108 cm³/mol. The van der Waals surface area contributed by atoms with Crippen LogP contribution in [0.1, 0.15) is 25.0 Å². The fraction of sp³-hybridized carbons (Fsp3) is 0.435. The van der Waals surface area contributed by atoms with E-state index in [0.29, 0.717) is 25.4 Å². The summed E-state index contributed by atoms with van der Waals surface area (Å²) in [7, 11) is 0. The summed E-state index contributed by atoms with van der Waals surface area (Å²) in [6.07, 6.45) is -0.704. The molecule has 7 heteroatoms. The van der Waals surface area contributed by atoms with E-state index >= 15 is 0 Å². The van der Waals surface area contributed by atoms with Crippen molar-refractivity contribution >= 4 is 6.09 Å². The Morgan fingerprint density at radius 2 is 1.60 bits per heavy atom. The molecule has 0 saturated carbocycles. The molecule has 0 unspecified atom stereocenters. The molecule has 0 aliphatic carbocycles. The Morgan fingerprint density at radius 3 is 2.17 bits per heavy atom. The minimum Gasteiger partial charge on any atom is -0.445 e. The normalized spacial score (nSPS) is 28.4. The number of rotatable bonds is 6. The van der Waals surface area contributed by atoms with E-state index in [0.717, 1.165) is 5.56 Å². The van der Waals surface area contributed by atoms with Crippen molar-refractivity contribution in [2.45, 2.75) is 38.1 Å². The Morgan fingerprint density at radius 1 is 1.07 bits per heavy atom. The van der Waals surface area contributed by atoms with Crippen LogP contribution in [0.5, 0.6) is 0 Å². The van der Waals surface area contributed by atoms with Gasteiger partial charge in [0.05, 0.1) is 19.8 Å². The molecule has 3 aliphatic rings. The molecule has 3 aliphatic heterocycles. The molecular formula is C23H27NO6. The first kappa shape index (κ1) is 20.8. The van der Waals surface area contributed by atoms with Gasteiger partial charge in [-0.05, 0) is 18.1 Å². The highest BCUT2D eigenvalue weighted by Crippen LogP contribution is 2.44. The van der Waals surface area contributed by atoms with Gasteiger partial charge in [-0.1, -0.05) is 67.6 Å². The predicted octanol–water partition coefficient (Wildman–Crippen LogP) is 2.93. The van der Waals surface area contributed by atoms with Gasteiger partial charge >= 0.3 is 12.1 Å². The third-order valence-corrected chi connectivity index (χ3v) is 5.61. The number of hydrogen-bond acceptors (Lipinski definition) is 6. The van der Waals surface area contributed by atoms with Crippen molar-refractivity contribution in [2.75, 3.05) is 19.8 Å². The minimum absolute atomic E-state index is 0.0977. The number of hydrogen-bond donors (Lipinski definition) is 2. The summed E-state index contributed by atoms with van der Waals surface area (Å²) in [6, 6.07) is 17.3. The second-order valence-corrected chi connectivity index (χ2v) is 8.43. The average Bonchev–Trinajstić information content (AvgIpc) is 2.78. The van der Waals surface area contributed by atoms with E-state index in [1.54, 1.807) is 19.1 Å². The van der Waals surface area contributed by atoms with Crippen LogP contribution in [0.25, 0.3) is 0 Å². The largest absolute Gasteiger partial charge is 0.445 e. The molecule has 0 spiro atoms. The van der Waals surface area contributed by atoms with Gasteiger partial charge in [-0.2, -0.15) is 0 Å². The fourth-order valence-electron chi connectivity index (χ4n) is 3.72. The van der Waals surface area contributed by atoms with Crippen molar-refractivity contribution in [1.82, 2.24) is 5.32 Å². The lowest BCUT2D eigenvalue weighted by Crippen LogP contribution is -2.72. The zero-order valence-corrected chi connectivity index (χ0v) is 17.2. The van der Waals surface area contributed by atoms with Gasteiger partial charge in [0.2, 0.25) is 0 Å². The average molecular weight is 413 g/mol. The van der Waals surface area contributed by atoms with E-state index in [9.17, 15) is 9.90 Å². The maximum absolute atomic E-state index is 12.7. The smallest absolute Gasteiger partial charge is 0.408 e. The summed E-state index contributed by atoms with van der Waals surface area (Å²) in [4.78, 5) is 12.7. The summed E-state index contributed by atoms with van der Waals surface area (Å²) in [5, 5.41) is 14.2. The minimum atomic E-state index is -1.61. The highest BCUT2D eigenvalue weighted by atomic mass is 16.9. The number of amides is 1. The van der Waals surface area contributed by atoms with Crippen LogP contribution in [0.2, 0.25) is 0 Å². The first-order valence-electron chi connectivity index (χ1n) is 10.0. The maximum Gasteiger partial charge on any atom is 0.408 e. The van der Waals surface area contributed by atoms with E-state index in [-0.39, 0.29) is 12.0 Å². The molecule has 160 valence electrons. The van der Waals surface area contributed by atoms with Crippen molar-refractivity contribution in [1.29, 1.82) is 0 Å². The summed E-state index contributed by atoms with van der Waals surface area (Å²) < 4.78 is 23.2. The Labute approximate surface area is 175 Å². The Balaban J connectivity index is 1.57. The SMILES string of the molecule is CC12COC([C@@H](NC(=O)OCc3ccccc3)[C@](C)(O)c3ccccc3)(OC1)OC2. The van der Waals surface area contributed by atoms with Gasteiger partial charge in [-0.25, -0.2) is 4.79 Å². The first-order valence-corrected chi connectivity index (χ1v) is 10.0. The lowest BCUT2D eigenvalue weighted by Gasteiger charge is -2.55. The molecule has 3 heterocycles. The highest BCUT2D eigenvalue weighted by Gasteiger charge is 2.60. The lowest BCUT2D eigenvalue weighted by molar-refractivity contribution is -0.482. The first-order chi connectivity index (χ1) is 14.3. The maximum atomic E-state index is 12.7. The zero-order valence-electron chi connectivity index (χ0n) is 17.2. The second-order valence-electron chi connectivity index (χ2n) is 8.43. The Hall–Kier alpha value is -2.45. The molecule has 2 N–H and O–H groups in total. The highest BCUT2D eigenvalue weighted by molar-refractivity contribution is 5.68. The molecule has 5 rings (SSSR count). The molecule has 30 heavy (non-hydrogen) atoms. The standard InChI is InChI=1S/C23H27NO6/c1-21-14-28-23(29-15-21,30-16-21)19(22(2,26)18-11-7-4-8-12-18)24-20(25)27-13-17-9-5-3-6-10-17/h3-12,19,26H,13-16H2,1-2H3,(H,24,25)/t19-,21?,22+,23?/m0/s1. The summed E-state index contributed by atoms with van der Waals surface area (Å²) >= 11 is 0. The molecule has 1 amide bonds. The number of alkyl carbamates (subject to hydrolysis) is 1. The van der Waals surface area contributed by atoms with Crippen LogP contribution in [0.15, 0.2) is 60.7 Å². The van der Waals surface area contributed by atoms with Crippen molar-refractivity contribution in [3.05, 3.63) is 71.8 Å². The van der Waals surface area contributed by atoms with Crippen molar-refractivity contribution in [2.24, 2.45) is 5.41 Å². The number of fused-ring (bicyclic) bond motifs is 3. The Bertz CT molecular complexity index is 845. The molecule has 2 bridgehead atoms. The molecule has 0 radical (unpaired) electrons. The van der Waals surface area contributed by atoms with Gasteiger partial charge < -0.3 is 29.4 Å². The fourth-order valence-corrected chi connectivity index (χ4v) is 3.72. The van der Waals surface area contributed by atoms with E-state index in [1.165, 1.54) is 0 Å². The van der Waals surface area contributed by atoms with Crippen molar-refractivity contribution < 1.29 is 28.8 Å². The Kier molecular flexibility index (Phi) is 5.55. The van der Waals surface area contributed by atoms with Crippen molar-refractivity contribution in [3.63, 3.8) is 0 Å². The number of ether oxygens (including phenoxy) is 4. The van der Waals surface area contributed by atoms with Crippen molar-refractivity contribution in [3.8, 4) is 0 Å². The van der Waals surface area contributed by atoms with Gasteiger partial charge in [-0.3, -0.25) is 0 Å². The summed E-state index contributed by atoms with van der Waals surface area (Å²) in [6.45, 7) is 4.89. The van der Waals surface area contributed by atoms with Gasteiger partial charge in [-0.15, -0.1) is 0 Å². The molecule has 2 aromatic rings. The molecule has 2 aromatic carbocycles. The number of aliphatic hydroxyl groups is 1. The van der Waals surface area contributed by atoms with E-state index in [2.05, 4.69) is 5.32 Å². The third kappa shape index (κ3) is 4.06. The van der Waals surface area contributed by atoms with Crippen LogP contribution >= 0.6 is 0 Å². The van der Waals surface area contributed by atoms with Gasteiger partial charge in [0.1, 0.15) is 18.2 Å². The monoisotopic (exact) mass is 413 g/mol. The van der Waals surface area contributed by atoms with Crippen LogP contribution < -0.4 is 5.32 Å². The summed E-state index contributed by atoms with van der Waals surface area (Å²) in [5.41, 5.74) is -0.369. The molecule has 3 saturated heterocycles. The number of benzene rings is 2. The number of carbonyl (C=O) groups excluding carboxylic acids is 1. The van der Waals surface area contributed by atoms with Crippen LogP contribution in [0, 0.1) is 5.41 Å². The quantitative estimate of drug-likeness (QED) is 0.757. The zero-order chi connectivity index (χ0) is 21.2. The number of nitrogens with one attached hydrogen (secondary N) is 1. The molecule has 7 nitrogen and oxygen atoms in total. The summed E-state index contributed by atoms with van der Waals surface area (Å²) in [5.74, 6) is -1.61. The van der Waals surface area contributed by atoms with Gasteiger partial charge in [0.25, 0.3) is 0 Å². The molecular weight excluding hydrogens is 386 g/mol. The van der Waals surface area contributed by atoms with Crippen LogP contribution in [-0.2, 0) is 31.2 Å². The van der Waals surface area contributed by atoms with E-state index in [1.807, 2.05) is 55.5 Å². The molecule has 2 atom stereocenters. The van der Waals surface area contributed by atoms with E-state index < -0.39 is 23.7 Å². The van der Waals surface area contributed by atoms with E-state index in [4.69, 9.17) is 18.9 Å². The lowest BCUT2D eigenvalue weighted by atomic mass is 9.84. The molecule has 0 aromatic heterocycles. The number of carbonyl (C=O) groups is 1. The van der Waals surface area contributed by atoms with Crippen LogP contribution in [-0.4, -0.2) is 43.0 Å².